The minimum Gasteiger partial charge on any atom is -0.248 e. The lowest BCUT2D eigenvalue weighted by Crippen LogP contribution is -2.41. The molecule has 3 aliphatic rings. The molecule has 0 radical (unpaired) electrons. The molecule has 1 spiro atoms. The maximum absolute atomic E-state index is 5.58. The summed E-state index contributed by atoms with van der Waals surface area (Å²) >= 11 is 0. The van der Waals surface area contributed by atoms with Crippen molar-refractivity contribution in [3.05, 3.63) is 258 Å². The molecule has 0 amide bonds. The average molecular weight is 816 g/mol. The largest absolute Gasteiger partial charge is 0.248 e. The second kappa shape index (κ2) is 14.9. The highest BCUT2D eigenvalue weighted by molar-refractivity contribution is 5.99. The smallest absolute Gasteiger partial charge is 0.0722 e. The molecule has 302 valence electrons. The quantitative estimate of drug-likeness (QED) is 0.163. The maximum Gasteiger partial charge on any atom is 0.0722 e. The fraction of sp³-hybridized carbons (Fsp3) is 0.0952. The zero-order valence-electron chi connectivity index (χ0n) is 36.1. The summed E-state index contributed by atoms with van der Waals surface area (Å²) in [6.45, 7) is 4.84. The van der Waals surface area contributed by atoms with E-state index in [2.05, 4.69) is 226 Å². The average Bonchev–Trinajstić information content (AvgIpc) is 3.67. The molecule has 1 aromatic heterocycles. The van der Waals surface area contributed by atoms with Crippen molar-refractivity contribution in [2.24, 2.45) is 0 Å². The van der Waals surface area contributed by atoms with Crippen LogP contribution in [0.25, 0.3) is 78.1 Å². The highest BCUT2D eigenvalue weighted by atomic mass is 14.7. The van der Waals surface area contributed by atoms with Gasteiger partial charge in [0.2, 0.25) is 0 Å². The molecule has 9 aromatic rings. The van der Waals surface area contributed by atoms with Gasteiger partial charge in [-0.3, -0.25) is 0 Å². The van der Waals surface area contributed by atoms with Crippen LogP contribution >= 0.6 is 0 Å². The zero-order chi connectivity index (χ0) is 42.8. The SMILES string of the molecule is CC1(C)C2=C(CCC=C2)C2(c3ccc(-c4ccc(-c5cc#ccc5)cc4-c4ccccc4)cc3-c3c(-c4cc(-c5ccccc5)cc(-c5ccccc5)n4)cccc32)c2ccccc21. The third-order valence-electron chi connectivity index (χ3n) is 14.1. The Kier molecular flexibility index (Phi) is 8.85. The van der Waals surface area contributed by atoms with Crippen LogP contribution in [0.5, 0.6) is 0 Å². The number of rotatable bonds is 6. The summed E-state index contributed by atoms with van der Waals surface area (Å²) in [7, 11) is 0. The molecule has 1 heteroatoms. The fourth-order valence-corrected chi connectivity index (χ4v) is 11.3. The van der Waals surface area contributed by atoms with E-state index in [1.54, 1.807) is 0 Å². The van der Waals surface area contributed by atoms with Crippen molar-refractivity contribution in [3.63, 3.8) is 0 Å². The summed E-state index contributed by atoms with van der Waals surface area (Å²) in [6, 6.07) is 79.7. The topological polar surface area (TPSA) is 12.9 Å². The van der Waals surface area contributed by atoms with Gasteiger partial charge in [0.05, 0.1) is 16.8 Å². The summed E-state index contributed by atoms with van der Waals surface area (Å²) in [5.41, 5.74) is 23.9. The van der Waals surface area contributed by atoms with Crippen molar-refractivity contribution in [3.8, 4) is 78.1 Å². The zero-order valence-corrected chi connectivity index (χ0v) is 36.1. The maximum atomic E-state index is 5.58. The molecule has 0 fully saturated rings. The summed E-state index contributed by atoms with van der Waals surface area (Å²) in [5, 5.41) is 0. The summed E-state index contributed by atoms with van der Waals surface area (Å²) < 4.78 is 0. The Labute approximate surface area is 376 Å². The molecular formula is C63H45N. The van der Waals surface area contributed by atoms with Crippen molar-refractivity contribution in [2.75, 3.05) is 0 Å². The van der Waals surface area contributed by atoms with E-state index in [-0.39, 0.29) is 5.41 Å². The molecule has 1 atom stereocenters. The molecule has 8 aromatic carbocycles. The minimum absolute atomic E-state index is 0.147. The standard InChI is InChI=1S/C63H45N/c1-62(2)54-29-15-17-31-56(54)63(57-32-18-16-30-55(57)62)53-37-35-47(49-36-34-46(42-20-7-3-8-21-42)38-51(49)44-24-11-5-12-25-44)39-52(53)61-50(28-19-33-58(61)63)60-41-48(43-22-9-4-10-23-43)40-59(64-60)45-26-13-6-14-27-45/h4-7,9-17,19-31,33-41H,18,32H2,1-2H3. The molecule has 0 bridgehead atoms. The molecular weight excluding hydrogens is 771 g/mol. The van der Waals surface area contributed by atoms with E-state index in [0.717, 1.165) is 52.0 Å². The number of allylic oxidation sites excluding steroid dienone is 4. The van der Waals surface area contributed by atoms with Crippen molar-refractivity contribution in [1.29, 1.82) is 0 Å². The van der Waals surface area contributed by atoms with E-state index >= 15 is 0 Å². The molecule has 0 N–H and O–H groups in total. The first kappa shape index (κ1) is 37.9. The van der Waals surface area contributed by atoms with E-state index in [4.69, 9.17) is 4.98 Å². The number of benzene rings is 7. The van der Waals surface area contributed by atoms with Gasteiger partial charge in [-0.15, -0.1) is 0 Å². The lowest BCUT2D eigenvalue weighted by atomic mass is 9.54. The first-order valence-electron chi connectivity index (χ1n) is 22.5. The van der Waals surface area contributed by atoms with Gasteiger partial charge in [0.15, 0.2) is 0 Å². The van der Waals surface area contributed by atoms with Gasteiger partial charge in [-0.25, -0.2) is 4.98 Å². The predicted octanol–water partition coefficient (Wildman–Crippen LogP) is 15.9. The monoisotopic (exact) mass is 815 g/mol. The van der Waals surface area contributed by atoms with Crippen LogP contribution in [0.1, 0.15) is 48.9 Å². The Bertz CT molecular complexity index is 3260. The van der Waals surface area contributed by atoms with Gasteiger partial charge in [-0.2, -0.15) is 0 Å². The van der Waals surface area contributed by atoms with Gasteiger partial charge in [0.25, 0.3) is 0 Å². The van der Waals surface area contributed by atoms with Gasteiger partial charge in [0, 0.05) is 16.5 Å². The third kappa shape index (κ3) is 5.83. The van der Waals surface area contributed by atoms with Gasteiger partial charge in [-0.05, 0) is 144 Å². The van der Waals surface area contributed by atoms with Crippen molar-refractivity contribution < 1.29 is 0 Å². The number of nitrogens with zero attached hydrogens (tertiary/aromatic N) is 1. The molecule has 12 rings (SSSR count). The van der Waals surface area contributed by atoms with Gasteiger partial charge in [-0.1, -0.05) is 196 Å². The Morgan fingerprint density at radius 1 is 0.438 bits per heavy atom. The first-order valence-corrected chi connectivity index (χ1v) is 22.5. The molecule has 1 nitrogen and oxygen atoms in total. The molecule has 0 aliphatic heterocycles. The third-order valence-corrected chi connectivity index (χ3v) is 14.1. The number of aromatic nitrogens is 1. The Balaban J connectivity index is 1.17. The van der Waals surface area contributed by atoms with E-state index in [1.807, 2.05) is 12.1 Å². The predicted molar refractivity (Wildman–Crippen MR) is 265 cm³/mol. The Morgan fingerprint density at radius 3 is 1.88 bits per heavy atom. The van der Waals surface area contributed by atoms with Crippen LogP contribution < -0.4 is 0 Å². The molecule has 1 heterocycles. The van der Waals surface area contributed by atoms with Crippen LogP contribution in [0.3, 0.4) is 0 Å². The normalized spacial score (nSPS) is 16.4. The summed E-state index contributed by atoms with van der Waals surface area (Å²) in [4.78, 5) is 5.58. The lowest BCUT2D eigenvalue weighted by Gasteiger charge is -2.48. The van der Waals surface area contributed by atoms with Gasteiger partial charge < -0.3 is 0 Å². The summed E-state index contributed by atoms with van der Waals surface area (Å²) in [5.74, 6) is 0. The fourth-order valence-electron chi connectivity index (χ4n) is 11.3. The highest BCUT2D eigenvalue weighted by Gasteiger charge is 2.54. The number of fused-ring (bicyclic) bond motifs is 8. The first-order chi connectivity index (χ1) is 31.5. The summed E-state index contributed by atoms with van der Waals surface area (Å²) in [6.07, 6.45) is 6.86. The van der Waals surface area contributed by atoms with E-state index < -0.39 is 5.41 Å². The van der Waals surface area contributed by atoms with Crippen LogP contribution in [0.15, 0.2) is 223 Å². The lowest BCUT2D eigenvalue weighted by molar-refractivity contribution is 0.536. The van der Waals surface area contributed by atoms with Crippen LogP contribution in [0, 0.1) is 12.1 Å². The number of pyridine rings is 1. The minimum atomic E-state index is -0.475. The van der Waals surface area contributed by atoms with Crippen LogP contribution in [-0.2, 0) is 10.8 Å². The number of hydrogen-bond acceptors (Lipinski definition) is 1. The Morgan fingerprint density at radius 2 is 1.11 bits per heavy atom. The van der Waals surface area contributed by atoms with Crippen LogP contribution in [0.2, 0.25) is 0 Å². The molecule has 0 saturated heterocycles. The van der Waals surface area contributed by atoms with Crippen molar-refractivity contribution in [1.82, 2.24) is 4.98 Å². The van der Waals surface area contributed by atoms with Crippen LogP contribution in [0.4, 0.5) is 0 Å². The molecule has 1 unspecified atom stereocenters. The molecule has 64 heavy (non-hydrogen) atoms. The van der Waals surface area contributed by atoms with Crippen molar-refractivity contribution in [2.45, 2.75) is 37.5 Å². The van der Waals surface area contributed by atoms with E-state index in [0.29, 0.717) is 0 Å². The van der Waals surface area contributed by atoms with E-state index in [9.17, 15) is 0 Å². The second-order valence-electron chi connectivity index (χ2n) is 17.9. The number of hydrogen-bond donors (Lipinski definition) is 0. The van der Waals surface area contributed by atoms with Crippen LogP contribution in [-0.4, -0.2) is 4.98 Å². The van der Waals surface area contributed by atoms with Gasteiger partial charge in [0.1, 0.15) is 0 Å². The second-order valence-corrected chi connectivity index (χ2v) is 17.9. The Hall–Kier alpha value is -7.79. The van der Waals surface area contributed by atoms with Crippen molar-refractivity contribution >= 4 is 0 Å². The molecule has 0 saturated carbocycles. The van der Waals surface area contributed by atoms with Gasteiger partial charge >= 0.3 is 0 Å². The highest BCUT2D eigenvalue weighted by Crippen LogP contribution is 2.65. The van der Waals surface area contributed by atoms with E-state index in [1.165, 1.54) is 72.3 Å². The molecule has 3 aliphatic carbocycles.